The molecule has 122 valence electrons. The number of rotatable bonds is 6. The molecule has 0 bridgehead atoms. The van der Waals surface area contributed by atoms with E-state index in [-0.39, 0.29) is 18.4 Å². The van der Waals surface area contributed by atoms with Crippen molar-refractivity contribution in [2.45, 2.75) is 25.0 Å². The van der Waals surface area contributed by atoms with Crippen LogP contribution in [-0.2, 0) is 10.5 Å². The maximum atomic E-state index is 12.4. The molecule has 1 aliphatic rings. The van der Waals surface area contributed by atoms with Gasteiger partial charge >= 0.3 is 0 Å². The topological polar surface area (TPSA) is 32.3 Å². The first kappa shape index (κ1) is 17.2. The molecule has 1 amide bonds. The van der Waals surface area contributed by atoms with Crippen molar-refractivity contribution >= 4 is 23.4 Å². The molecule has 1 N–H and O–H groups in total. The molecular weight excluding hydrogens is 306 g/mol. The largest absolute Gasteiger partial charge is 0.326 e. The number of likely N-dealkylation sites (tertiary alicyclic amines) is 1. The molecule has 1 aromatic rings. The van der Waals surface area contributed by atoms with Crippen molar-refractivity contribution in [2.24, 2.45) is 5.92 Å². The Hall–Kier alpha value is -1.14. The third-order valence-corrected chi connectivity index (χ3v) is 4.53. The fourth-order valence-electron chi connectivity index (χ4n) is 2.73. The van der Waals surface area contributed by atoms with E-state index in [0.717, 1.165) is 17.0 Å². The number of carbonyl (C=O) groups is 1. The zero-order valence-electron chi connectivity index (χ0n) is 12.7. The van der Waals surface area contributed by atoms with Gasteiger partial charge < -0.3 is 5.32 Å². The van der Waals surface area contributed by atoms with E-state index in [1.54, 1.807) is 16.7 Å². The van der Waals surface area contributed by atoms with Crippen LogP contribution >= 0.6 is 11.8 Å². The van der Waals surface area contributed by atoms with Crippen LogP contribution in [0.5, 0.6) is 0 Å². The van der Waals surface area contributed by atoms with Gasteiger partial charge in [0.1, 0.15) is 0 Å². The predicted molar refractivity (Wildman–Crippen MR) is 87.5 cm³/mol. The summed E-state index contributed by atoms with van der Waals surface area (Å²) in [7, 11) is 0. The Morgan fingerprint density at radius 2 is 2.05 bits per heavy atom. The molecule has 3 nitrogen and oxygen atoms in total. The van der Waals surface area contributed by atoms with Gasteiger partial charge in [0.2, 0.25) is 5.91 Å². The highest BCUT2D eigenvalue weighted by atomic mass is 32.2. The van der Waals surface area contributed by atoms with Crippen molar-refractivity contribution < 1.29 is 13.6 Å². The molecule has 2 rings (SSSR count). The van der Waals surface area contributed by atoms with Gasteiger partial charge in [0, 0.05) is 17.4 Å². The van der Waals surface area contributed by atoms with Gasteiger partial charge in [-0.05, 0) is 43.8 Å². The number of hydrogen-bond donors (Lipinski definition) is 1. The summed E-state index contributed by atoms with van der Waals surface area (Å²) < 4.78 is 24.7. The van der Waals surface area contributed by atoms with Crippen molar-refractivity contribution in [1.82, 2.24) is 4.90 Å². The number of carbonyl (C=O) groups excluding carboxylic acids is 1. The van der Waals surface area contributed by atoms with Gasteiger partial charge in [-0.3, -0.25) is 9.69 Å². The molecule has 0 radical (unpaired) electrons. The molecule has 0 aliphatic carbocycles. The number of amides is 1. The van der Waals surface area contributed by atoms with Crippen LogP contribution in [0.15, 0.2) is 24.3 Å². The highest BCUT2D eigenvalue weighted by Crippen LogP contribution is 2.23. The monoisotopic (exact) mass is 328 g/mol. The molecule has 0 spiro atoms. The summed E-state index contributed by atoms with van der Waals surface area (Å²) in [6.07, 6.45) is 1.01. The third kappa shape index (κ3) is 4.95. The lowest BCUT2D eigenvalue weighted by Crippen LogP contribution is -2.40. The Labute approximate surface area is 134 Å². The summed E-state index contributed by atoms with van der Waals surface area (Å²) in [6, 6.07) is 7.79. The van der Waals surface area contributed by atoms with Gasteiger partial charge in [-0.1, -0.05) is 18.2 Å². The van der Waals surface area contributed by atoms with Gasteiger partial charge in [-0.2, -0.15) is 11.8 Å². The molecule has 0 atom stereocenters. The van der Waals surface area contributed by atoms with E-state index in [0.29, 0.717) is 25.9 Å². The van der Waals surface area contributed by atoms with Crippen LogP contribution in [0.25, 0.3) is 0 Å². The first-order valence-corrected chi connectivity index (χ1v) is 8.87. The van der Waals surface area contributed by atoms with Crippen LogP contribution < -0.4 is 5.32 Å². The van der Waals surface area contributed by atoms with Gasteiger partial charge in [0.05, 0.1) is 6.54 Å². The van der Waals surface area contributed by atoms with Crippen LogP contribution in [0.3, 0.4) is 0 Å². The maximum Gasteiger partial charge on any atom is 0.251 e. The van der Waals surface area contributed by atoms with Gasteiger partial charge in [0.25, 0.3) is 6.43 Å². The number of para-hydroxylation sites is 1. The predicted octanol–water partition coefficient (Wildman–Crippen LogP) is 3.47. The fourth-order valence-corrected chi connectivity index (χ4v) is 3.29. The molecule has 0 saturated carbocycles. The number of anilines is 1. The number of benzene rings is 1. The summed E-state index contributed by atoms with van der Waals surface area (Å²) in [5.74, 6) is 0.769. The molecule has 1 fully saturated rings. The lowest BCUT2D eigenvalue weighted by Gasteiger charge is -2.31. The quantitative estimate of drug-likeness (QED) is 0.868. The van der Waals surface area contributed by atoms with Gasteiger partial charge in [-0.15, -0.1) is 0 Å². The van der Waals surface area contributed by atoms with Crippen molar-refractivity contribution in [3.63, 3.8) is 0 Å². The number of piperidine rings is 1. The smallest absolute Gasteiger partial charge is 0.251 e. The average molecular weight is 328 g/mol. The molecule has 6 heteroatoms. The van der Waals surface area contributed by atoms with E-state index >= 15 is 0 Å². The van der Waals surface area contributed by atoms with Crippen LogP contribution in [0.2, 0.25) is 0 Å². The van der Waals surface area contributed by atoms with E-state index in [2.05, 4.69) is 5.32 Å². The number of nitrogens with zero attached hydrogens (tertiary/aromatic N) is 1. The highest BCUT2D eigenvalue weighted by molar-refractivity contribution is 7.97. The first-order chi connectivity index (χ1) is 10.6. The Morgan fingerprint density at radius 1 is 1.36 bits per heavy atom. The van der Waals surface area contributed by atoms with Crippen molar-refractivity contribution in [2.75, 3.05) is 31.2 Å². The molecule has 22 heavy (non-hydrogen) atoms. The standard InChI is InChI=1S/C16H22F2N2OS/c1-22-11-13-4-2-3-5-14(13)19-16(21)12-6-8-20(9-7-12)10-15(17)18/h2-5,12,15H,6-11H2,1H3,(H,19,21). The molecule has 1 saturated heterocycles. The molecular formula is C16H22F2N2OS. The number of alkyl halides is 2. The minimum absolute atomic E-state index is 0.00486. The van der Waals surface area contributed by atoms with Crippen LogP contribution in [0.4, 0.5) is 14.5 Å². The minimum atomic E-state index is -2.30. The van der Waals surface area contributed by atoms with Crippen molar-refractivity contribution in [1.29, 1.82) is 0 Å². The Balaban J connectivity index is 1.88. The summed E-state index contributed by atoms with van der Waals surface area (Å²) in [5.41, 5.74) is 1.97. The highest BCUT2D eigenvalue weighted by Gasteiger charge is 2.26. The van der Waals surface area contributed by atoms with E-state index in [1.807, 2.05) is 30.5 Å². The Morgan fingerprint density at radius 3 is 2.68 bits per heavy atom. The van der Waals surface area contributed by atoms with Crippen LogP contribution in [0, 0.1) is 5.92 Å². The molecule has 1 heterocycles. The zero-order chi connectivity index (χ0) is 15.9. The number of hydrogen-bond acceptors (Lipinski definition) is 3. The third-order valence-electron chi connectivity index (χ3n) is 3.93. The Bertz CT molecular complexity index is 491. The Kier molecular flexibility index (Phi) is 6.64. The van der Waals surface area contributed by atoms with E-state index in [1.165, 1.54) is 0 Å². The number of nitrogens with one attached hydrogen (secondary N) is 1. The molecule has 0 unspecified atom stereocenters. The summed E-state index contributed by atoms with van der Waals surface area (Å²) in [5, 5.41) is 3.00. The van der Waals surface area contributed by atoms with Crippen LogP contribution in [0.1, 0.15) is 18.4 Å². The van der Waals surface area contributed by atoms with Crippen molar-refractivity contribution in [3.8, 4) is 0 Å². The second-order valence-corrected chi connectivity index (χ2v) is 6.41. The summed E-state index contributed by atoms with van der Waals surface area (Å²) >= 11 is 1.71. The first-order valence-electron chi connectivity index (χ1n) is 7.48. The zero-order valence-corrected chi connectivity index (χ0v) is 13.5. The molecule has 1 aromatic carbocycles. The second-order valence-electron chi connectivity index (χ2n) is 5.55. The normalized spacial score (nSPS) is 16.9. The van der Waals surface area contributed by atoms with Gasteiger partial charge in [0.15, 0.2) is 0 Å². The van der Waals surface area contributed by atoms with Gasteiger partial charge in [-0.25, -0.2) is 8.78 Å². The summed E-state index contributed by atoms with van der Waals surface area (Å²) in [6.45, 7) is 0.939. The van der Waals surface area contributed by atoms with E-state index < -0.39 is 6.43 Å². The minimum Gasteiger partial charge on any atom is -0.326 e. The van der Waals surface area contributed by atoms with E-state index in [9.17, 15) is 13.6 Å². The number of thioether (sulfide) groups is 1. The lowest BCUT2D eigenvalue weighted by molar-refractivity contribution is -0.121. The maximum absolute atomic E-state index is 12.4. The lowest BCUT2D eigenvalue weighted by atomic mass is 9.95. The van der Waals surface area contributed by atoms with Crippen LogP contribution in [-0.4, -0.2) is 43.1 Å². The summed E-state index contributed by atoms with van der Waals surface area (Å²) in [4.78, 5) is 14.1. The van der Waals surface area contributed by atoms with E-state index in [4.69, 9.17) is 0 Å². The number of halogens is 2. The van der Waals surface area contributed by atoms with Crippen molar-refractivity contribution in [3.05, 3.63) is 29.8 Å². The second kappa shape index (κ2) is 8.48. The molecule has 0 aromatic heterocycles. The molecule has 1 aliphatic heterocycles. The fraction of sp³-hybridized carbons (Fsp3) is 0.562. The average Bonchev–Trinajstić information content (AvgIpc) is 2.49. The SMILES string of the molecule is CSCc1ccccc1NC(=O)C1CCN(CC(F)F)CC1.